The van der Waals surface area contributed by atoms with E-state index >= 15 is 0 Å². The van der Waals surface area contributed by atoms with Gasteiger partial charge >= 0.3 is 0 Å². The van der Waals surface area contributed by atoms with Gasteiger partial charge in [-0.3, -0.25) is 0 Å². The van der Waals surface area contributed by atoms with Crippen molar-refractivity contribution >= 4 is 0 Å². The van der Waals surface area contributed by atoms with E-state index in [2.05, 4.69) is 27.7 Å². The average Bonchev–Trinajstić information content (AvgIpc) is 2.39. The van der Waals surface area contributed by atoms with Crippen LogP contribution >= 0.6 is 0 Å². The molecule has 0 aliphatic carbocycles. The fourth-order valence-corrected chi connectivity index (χ4v) is 3.17. The summed E-state index contributed by atoms with van der Waals surface area (Å²) in [6.45, 7) is 8.62. The molecule has 0 saturated carbocycles. The second-order valence-electron chi connectivity index (χ2n) is 6.16. The van der Waals surface area contributed by atoms with Crippen molar-refractivity contribution in [2.24, 2.45) is 5.41 Å². The van der Waals surface area contributed by atoms with Crippen molar-refractivity contribution in [1.29, 1.82) is 0 Å². The molecular formula is C17H36O2. The first-order chi connectivity index (χ1) is 8.99. The Labute approximate surface area is 120 Å². The molecular weight excluding hydrogens is 236 g/mol. The number of hydrogen-bond acceptors (Lipinski definition) is 2. The molecule has 0 rings (SSSR count). The zero-order chi connectivity index (χ0) is 14.8. The highest BCUT2D eigenvalue weighted by Crippen LogP contribution is 2.46. The van der Waals surface area contributed by atoms with Crippen LogP contribution in [0.2, 0.25) is 0 Å². The monoisotopic (exact) mass is 272 g/mol. The van der Waals surface area contributed by atoms with E-state index in [0.29, 0.717) is 6.42 Å². The fraction of sp³-hybridized carbons (Fsp3) is 1.00. The van der Waals surface area contributed by atoms with Crippen LogP contribution in [0.1, 0.15) is 98.3 Å². The van der Waals surface area contributed by atoms with Gasteiger partial charge in [0.05, 0.1) is 0 Å². The normalized spacial score (nSPS) is 12.9. The van der Waals surface area contributed by atoms with Gasteiger partial charge in [-0.15, -0.1) is 0 Å². The first-order valence-corrected chi connectivity index (χ1v) is 8.44. The molecule has 2 heteroatoms. The molecule has 0 bridgehead atoms. The molecule has 0 amide bonds. The quantitative estimate of drug-likeness (QED) is 0.489. The zero-order valence-corrected chi connectivity index (χ0v) is 13.7. The Hall–Kier alpha value is -0.0800. The number of aliphatic hydroxyl groups is 2. The van der Waals surface area contributed by atoms with Crippen molar-refractivity contribution in [1.82, 2.24) is 0 Å². The van der Waals surface area contributed by atoms with Gasteiger partial charge in [0.1, 0.15) is 0 Å². The Bertz CT molecular complexity index is 203. The van der Waals surface area contributed by atoms with Gasteiger partial charge in [0.15, 0.2) is 5.79 Å². The highest BCUT2D eigenvalue weighted by Gasteiger charge is 2.46. The van der Waals surface area contributed by atoms with Gasteiger partial charge in [-0.25, -0.2) is 0 Å². The van der Waals surface area contributed by atoms with Gasteiger partial charge in [0.25, 0.3) is 0 Å². The number of rotatable bonds is 12. The molecule has 2 nitrogen and oxygen atoms in total. The smallest absolute Gasteiger partial charge is 0.168 e. The molecule has 2 N–H and O–H groups in total. The van der Waals surface area contributed by atoms with Crippen LogP contribution < -0.4 is 0 Å². The molecule has 0 aliphatic heterocycles. The predicted octanol–water partition coefficient (Wildman–Crippen LogP) is 5.02. The van der Waals surface area contributed by atoms with Crippen LogP contribution in [0.5, 0.6) is 0 Å². The highest BCUT2D eigenvalue weighted by atomic mass is 16.5. The average molecular weight is 272 g/mol. The Morgan fingerprint density at radius 3 is 1.37 bits per heavy atom. The lowest BCUT2D eigenvalue weighted by molar-refractivity contribution is -0.256. The molecule has 116 valence electrons. The van der Waals surface area contributed by atoms with E-state index in [4.69, 9.17) is 0 Å². The van der Waals surface area contributed by atoms with Crippen LogP contribution in [-0.2, 0) is 0 Å². The van der Waals surface area contributed by atoms with Crippen molar-refractivity contribution < 1.29 is 10.2 Å². The maximum Gasteiger partial charge on any atom is 0.168 e. The molecule has 0 saturated heterocycles. The molecule has 0 atom stereocenters. The van der Waals surface area contributed by atoms with E-state index in [1.54, 1.807) is 0 Å². The largest absolute Gasteiger partial charge is 0.365 e. The second-order valence-corrected chi connectivity index (χ2v) is 6.16. The third-order valence-corrected chi connectivity index (χ3v) is 4.47. The van der Waals surface area contributed by atoms with Crippen molar-refractivity contribution in [3.63, 3.8) is 0 Å². The van der Waals surface area contributed by atoms with Gasteiger partial charge in [-0.1, -0.05) is 66.2 Å². The lowest BCUT2D eigenvalue weighted by Crippen LogP contribution is -2.48. The molecule has 0 heterocycles. The minimum atomic E-state index is -1.48. The Morgan fingerprint density at radius 1 is 0.579 bits per heavy atom. The lowest BCUT2D eigenvalue weighted by Gasteiger charge is -2.45. The second kappa shape index (κ2) is 9.77. The van der Waals surface area contributed by atoms with Crippen molar-refractivity contribution in [2.75, 3.05) is 0 Å². The van der Waals surface area contributed by atoms with E-state index in [9.17, 15) is 10.2 Å². The van der Waals surface area contributed by atoms with Crippen molar-refractivity contribution in [3.05, 3.63) is 0 Å². The van der Waals surface area contributed by atoms with Crippen molar-refractivity contribution in [3.8, 4) is 0 Å². The van der Waals surface area contributed by atoms with E-state index in [-0.39, 0.29) is 5.41 Å². The Kier molecular flexibility index (Phi) is 9.72. The van der Waals surface area contributed by atoms with Crippen LogP contribution in [0.15, 0.2) is 0 Å². The summed E-state index contributed by atoms with van der Waals surface area (Å²) in [6.07, 6.45) is 10.8. The third kappa shape index (κ3) is 5.83. The van der Waals surface area contributed by atoms with Crippen LogP contribution in [0.25, 0.3) is 0 Å². The fourth-order valence-electron chi connectivity index (χ4n) is 3.17. The molecule has 0 aromatic rings. The molecule has 0 radical (unpaired) electrons. The van der Waals surface area contributed by atoms with Crippen LogP contribution in [0.4, 0.5) is 0 Å². The highest BCUT2D eigenvalue weighted by molar-refractivity contribution is 4.91. The predicted molar refractivity (Wildman–Crippen MR) is 83.1 cm³/mol. The Morgan fingerprint density at radius 2 is 1.00 bits per heavy atom. The number of hydrogen-bond donors (Lipinski definition) is 2. The Balaban J connectivity index is 5.01. The van der Waals surface area contributed by atoms with Gasteiger partial charge < -0.3 is 10.2 Å². The van der Waals surface area contributed by atoms with Crippen LogP contribution in [0.3, 0.4) is 0 Å². The van der Waals surface area contributed by atoms with Gasteiger partial charge in [-0.2, -0.15) is 0 Å². The topological polar surface area (TPSA) is 40.5 Å². The third-order valence-electron chi connectivity index (χ3n) is 4.47. The summed E-state index contributed by atoms with van der Waals surface area (Å²) in [4.78, 5) is 0. The summed E-state index contributed by atoms with van der Waals surface area (Å²) in [6, 6.07) is 0. The van der Waals surface area contributed by atoms with Crippen molar-refractivity contribution in [2.45, 2.75) is 104 Å². The summed E-state index contributed by atoms with van der Waals surface area (Å²) in [5.41, 5.74) is -0.289. The maximum absolute atomic E-state index is 10.7. The summed E-state index contributed by atoms with van der Waals surface area (Å²) in [5, 5.41) is 21.4. The summed E-state index contributed by atoms with van der Waals surface area (Å²) >= 11 is 0. The molecule has 19 heavy (non-hydrogen) atoms. The van der Waals surface area contributed by atoms with E-state index < -0.39 is 5.79 Å². The molecule has 0 unspecified atom stereocenters. The van der Waals surface area contributed by atoms with Gasteiger partial charge in [0, 0.05) is 11.8 Å². The van der Waals surface area contributed by atoms with E-state index in [1.807, 2.05) is 0 Å². The number of unbranched alkanes of at least 4 members (excludes halogenated alkanes) is 3. The van der Waals surface area contributed by atoms with Gasteiger partial charge in [-0.05, 0) is 25.7 Å². The van der Waals surface area contributed by atoms with Gasteiger partial charge in [0.2, 0.25) is 0 Å². The molecule has 0 aliphatic rings. The van der Waals surface area contributed by atoms with Crippen LogP contribution in [0, 0.1) is 5.41 Å². The first kappa shape index (κ1) is 18.9. The van der Waals surface area contributed by atoms with Crippen LogP contribution in [-0.4, -0.2) is 16.0 Å². The maximum atomic E-state index is 10.7. The standard InChI is InChI=1S/C17H36O2/c1-5-9-13-16(12-8-4,14-10-6-2)17(18,19)15-11-7-3/h18-19H,5-15H2,1-4H3. The first-order valence-electron chi connectivity index (χ1n) is 8.44. The summed E-state index contributed by atoms with van der Waals surface area (Å²) in [7, 11) is 0. The zero-order valence-electron chi connectivity index (χ0n) is 13.7. The lowest BCUT2D eigenvalue weighted by atomic mass is 9.67. The summed E-state index contributed by atoms with van der Waals surface area (Å²) in [5.74, 6) is -1.48. The van der Waals surface area contributed by atoms with E-state index in [1.165, 1.54) is 0 Å². The molecule has 0 fully saturated rings. The summed E-state index contributed by atoms with van der Waals surface area (Å²) < 4.78 is 0. The SMILES string of the molecule is CCCCC(O)(O)C(CCC)(CCCC)CCCC. The minimum absolute atomic E-state index is 0.289. The minimum Gasteiger partial charge on any atom is -0.365 e. The molecule has 0 aromatic heterocycles. The molecule has 0 spiro atoms. The molecule has 0 aromatic carbocycles. The van der Waals surface area contributed by atoms with E-state index in [0.717, 1.165) is 64.2 Å².